The van der Waals surface area contributed by atoms with Gasteiger partial charge in [-0.1, -0.05) is 19.1 Å². The largest absolute Gasteiger partial charge is 0.378 e. The van der Waals surface area contributed by atoms with E-state index in [1.165, 1.54) is 0 Å². The lowest BCUT2D eigenvalue weighted by molar-refractivity contribution is 0.122. The van der Waals surface area contributed by atoms with Crippen LogP contribution in [0.1, 0.15) is 25.5 Å². The van der Waals surface area contributed by atoms with Crippen molar-refractivity contribution in [3.05, 3.63) is 35.9 Å². The van der Waals surface area contributed by atoms with Crippen LogP contribution in [-0.4, -0.2) is 98.4 Å². The molecular weight excluding hydrogens is 454 g/mol. The highest BCUT2D eigenvalue weighted by molar-refractivity contribution is 5.86. The van der Waals surface area contributed by atoms with Crippen molar-refractivity contribution in [2.24, 2.45) is 7.05 Å². The van der Waals surface area contributed by atoms with Crippen molar-refractivity contribution in [2.45, 2.75) is 33.4 Å². The Morgan fingerprint density at radius 1 is 1.06 bits per heavy atom. The van der Waals surface area contributed by atoms with E-state index in [9.17, 15) is 0 Å². The second-order valence-electron chi connectivity index (χ2n) is 9.81. The normalized spacial score (nSPS) is 15.6. The zero-order valence-corrected chi connectivity index (χ0v) is 22.3. The Morgan fingerprint density at radius 2 is 1.81 bits per heavy atom. The van der Waals surface area contributed by atoms with E-state index in [-0.39, 0.29) is 0 Å². The van der Waals surface area contributed by atoms with Gasteiger partial charge in [0.15, 0.2) is 17.0 Å². The predicted octanol–water partition coefficient (Wildman–Crippen LogP) is 2.62. The van der Waals surface area contributed by atoms with Gasteiger partial charge in [-0.15, -0.1) is 0 Å². The molecule has 192 valence electrons. The van der Waals surface area contributed by atoms with Gasteiger partial charge < -0.3 is 19.1 Å². The van der Waals surface area contributed by atoms with Crippen molar-refractivity contribution >= 4 is 28.0 Å². The molecule has 10 nitrogen and oxygen atoms in total. The molecule has 10 heteroatoms. The third-order valence-electron chi connectivity index (χ3n) is 7.26. The van der Waals surface area contributed by atoms with Crippen LogP contribution >= 0.6 is 0 Å². The Balaban J connectivity index is 1.59. The molecular formula is C26H37N9O. The van der Waals surface area contributed by atoms with Gasteiger partial charge in [0, 0.05) is 32.7 Å². The molecule has 1 aliphatic heterocycles. The van der Waals surface area contributed by atoms with Crippen molar-refractivity contribution < 1.29 is 4.74 Å². The van der Waals surface area contributed by atoms with E-state index >= 15 is 0 Å². The first-order chi connectivity index (χ1) is 17.4. The van der Waals surface area contributed by atoms with Crippen LogP contribution in [0.5, 0.6) is 0 Å². The number of ether oxygens (including phenoxy) is 1. The third kappa shape index (κ3) is 4.56. The van der Waals surface area contributed by atoms with Crippen LogP contribution in [0, 0.1) is 6.92 Å². The molecule has 1 aromatic carbocycles. The molecule has 0 aliphatic carbocycles. The lowest BCUT2D eigenvalue weighted by atomic mass is 10.3. The van der Waals surface area contributed by atoms with E-state index in [1.54, 1.807) is 0 Å². The SMILES string of the molecule is CCN(C)C(C)CN(C)Cc1nc2c(N3CCOCC3)nc(-n3c(C)nc4ccccc43)nc2n1C. The second kappa shape index (κ2) is 10.1. The summed E-state index contributed by atoms with van der Waals surface area (Å²) in [7, 11) is 6.38. The zero-order valence-electron chi connectivity index (χ0n) is 22.3. The number of aryl methyl sites for hydroxylation is 2. The summed E-state index contributed by atoms with van der Waals surface area (Å²) in [5.41, 5.74) is 3.61. The summed E-state index contributed by atoms with van der Waals surface area (Å²) in [6.07, 6.45) is 0. The minimum Gasteiger partial charge on any atom is -0.378 e. The van der Waals surface area contributed by atoms with E-state index in [0.29, 0.717) is 25.2 Å². The Bertz CT molecular complexity index is 1350. The molecule has 0 spiro atoms. The fourth-order valence-corrected chi connectivity index (χ4v) is 4.92. The molecule has 4 aromatic rings. The molecule has 0 saturated carbocycles. The van der Waals surface area contributed by atoms with Gasteiger partial charge in [-0.25, -0.2) is 9.97 Å². The van der Waals surface area contributed by atoms with Gasteiger partial charge >= 0.3 is 0 Å². The quantitative estimate of drug-likeness (QED) is 0.372. The van der Waals surface area contributed by atoms with Gasteiger partial charge in [-0.05, 0) is 46.6 Å². The van der Waals surface area contributed by atoms with Crippen LogP contribution in [0.25, 0.3) is 28.1 Å². The minimum atomic E-state index is 0.461. The number of hydrogen-bond acceptors (Lipinski definition) is 8. The number of nitrogens with zero attached hydrogens (tertiary/aromatic N) is 9. The zero-order chi connectivity index (χ0) is 25.4. The van der Waals surface area contributed by atoms with Gasteiger partial charge in [0.2, 0.25) is 5.95 Å². The highest BCUT2D eigenvalue weighted by Gasteiger charge is 2.24. The first-order valence-electron chi connectivity index (χ1n) is 12.8. The van der Waals surface area contributed by atoms with Crippen LogP contribution in [0.3, 0.4) is 0 Å². The van der Waals surface area contributed by atoms with E-state index in [0.717, 1.165) is 72.4 Å². The molecule has 5 rings (SSSR count). The highest BCUT2D eigenvalue weighted by atomic mass is 16.5. The number of hydrogen-bond donors (Lipinski definition) is 0. The van der Waals surface area contributed by atoms with Crippen LogP contribution in [0.4, 0.5) is 5.82 Å². The number of aromatic nitrogens is 6. The molecule has 1 saturated heterocycles. The fourth-order valence-electron chi connectivity index (χ4n) is 4.92. The molecule has 36 heavy (non-hydrogen) atoms. The molecule has 4 heterocycles. The van der Waals surface area contributed by atoms with Gasteiger partial charge in [-0.3, -0.25) is 9.47 Å². The lowest BCUT2D eigenvalue weighted by Gasteiger charge is -2.28. The molecule has 0 amide bonds. The first kappa shape index (κ1) is 24.6. The summed E-state index contributed by atoms with van der Waals surface area (Å²) in [6, 6.07) is 8.58. The predicted molar refractivity (Wildman–Crippen MR) is 143 cm³/mol. The van der Waals surface area contributed by atoms with Gasteiger partial charge in [0.25, 0.3) is 0 Å². The minimum absolute atomic E-state index is 0.461. The molecule has 1 unspecified atom stereocenters. The van der Waals surface area contributed by atoms with Crippen LogP contribution in [0.15, 0.2) is 24.3 Å². The number of para-hydroxylation sites is 2. The van der Waals surface area contributed by atoms with Gasteiger partial charge in [0.1, 0.15) is 11.6 Å². The second-order valence-corrected chi connectivity index (χ2v) is 9.81. The number of rotatable bonds is 8. The van der Waals surface area contributed by atoms with Crippen molar-refractivity contribution in [1.29, 1.82) is 0 Å². The maximum atomic E-state index is 5.62. The number of likely N-dealkylation sites (N-methyl/N-ethyl adjacent to an activating group) is 2. The van der Waals surface area contributed by atoms with E-state index in [2.05, 4.69) is 60.3 Å². The summed E-state index contributed by atoms with van der Waals surface area (Å²) >= 11 is 0. The Hall–Kier alpha value is -3.08. The van der Waals surface area contributed by atoms with E-state index < -0.39 is 0 Å². The van der Waals surface area contributed by atoms with E-state index in [1.807, 2.05) is 29.7 Å². The van der Waals surface area contributed by atoms with Gasteiger partial charge in [-0.2, -0.15) is 9.97 Å². The summed E-state index contributed by atoms with van der Waals surface area (Å²) < 4.78 is 9.78. The average Bonchev–Trinajstić information content (AvgIpc) is 3.38. The molecule has 0 bridgehead atoms. The smallest absolute Gasteiger partial charge is 0.239 e. The number of benzene rings is 1. The first-order valence-corrected chi connectivity index (χ1v) is 12.8. The standard InChI is InChI=1S/C26H37N9O/c1-7-32(5)18(2)16-31(4)17-22-28-23-24(33(22)6)29-26(30-25(23)34-12-14-36-15-13-34)35-19(3)27-20-10-8-9-11-21(20)35/h8-11,18H,7,12-17H2,1-6H3. The molecule has 3 aromatic heterocycles. The van der Waals surface area contributed by atoms with Crippen LogP contribution < -0.4 is 4.90 Å². The molecule has 0 radical (unpaired) electrons. The number of imidazole rings is 2. The molecule has 0 N–H and O–H groups in total. The van der Waals surface area contributed by atoms with Gasteiger partial charge in [0.05, 0.1) is 30.8 Å². The number of anilines is 1. The summed E-state index contributed by atoms with van der Waals surface area (Å²) in [6.45, 7) is 12.1. The fraction of sp³-hybridized carbons (Fsp3) is 0.538. The topological polar surface area (TPSA) is 80.4 Å². The van der Waals surface area contributed by atoms with Crippen molar-refractivity contribution in [3.63, 3.8) is 0 Å². The lowest BCUT2D eigenvalue weighted by Crippen LogP contribution is -2.38. The maximum Gasteiger partial charge on any atom is 0.239 e. The van der Waals surface area contributed by atoms with Crippen LogP contribution in [0.2, 0.25) is 0 Å². The average molecular weight is 492 g/mol. The third-order valence-corrected chi connectivity index (χ3v) is 7.26. The summed E-state index contributed by atoms with van der Waals surface area (Å²) in [5.74, 6) is 3.32. The Kier molecular flexibility index (Phi) is 6.92. The van der Waals surface area contributed by atoms with Crippen molar-refractivity contribution in [1.82, 2.24) is 38.9 Å². The number of morpholine rings is 1. The van der Waals surface area contributed by atoms with Crippen LogP contribution in [-0.2, 0) is 18.3 Å². The van der Waals surface area contributed by atoms with Crippen molar-refractivity contribution in [2.75, 3.05) is 58.4 Å². The molecule has 1 atom stereocenters. The van der Waals surface area contributed by atoms with E-state index in [4.69, 9.17) is 24.7 Å². The monoisotopic (exact) mass is 491 g/mol. The van der Waals surface area contributed by atoms with Crippen molar-refractivity contribution in [3.8, 4) is 5.95 Å². The highest BCUT2D eigenvalue weighted by Crippen LogP contribution is 2.28. The summed E-state index contributed by atoms with van der Waals surface area (Å²) in [4.78, 5) is 26.9. The Labute approximate surface area is 212 Å². The molecule has 1 aliphatic rings. The molecule has 1 fully saturated rings. The number of fused-ring (bicyclic) bond motifs is 2. The maximum absolute atomic E-state index is 5.62. The summed E-state index contributed by atoms with van der Waals surface area (Å²) in [5, 5.41) is 0. The Morgan fingerprint density at radius 3 is 2.56 bits per heavy atom.